The highest BCUT2D eigenvalue weighted by atomic mass is 19.1. The van der Waals surface area contributed by atoms with Crippen molar-refractivity contribution < 1.29 is 28.2 Å². The van der Waals surface area contributed by atoms with E-state index >= 15 is 0 Å². The number of cyclic esters (lactones) is 2. The molecule has 122 valence electrons. The zero-order valence-electron chi connectivity index (χ0n) is 12.5. The summed E-state index contributed by atoms with van der Waals surface area (Å²) in [5, 5.41) is 2.39. The number of benzene rings is 1. The molecule has 1 N–H and O–H groups in total. The zero-order chi connectivity index (χ0) is 16.7. The van der Waals surface area contributed by atoms with Crippen LogP contribution in [0.1, 0.15) is 5.56 Å². The predicted octanol–water partition coefficient (Wildman–Crippen LogP) is 0.983. The van der Waals surface area contributed by atoms with Crippen molar-refractivity contribution in [3.05, 3.63) is 23.5 Å². The first kappa shape index (κ1) is 15.1. The molecule has 0 radical (unpaired) electrons. The van der Waals surface area contributed by atoms with Gasteiger partial charge >= 0.3 is 12.2 Å². The van der Waals surface area contributed by atoms with Crippen molar-refractivity contribution in [1.82, 2.24) is 5.32 Å². The van der Waals surface area contributed by atoms with E-state index in [2.05, 4.69) is 5.32 Å². The number of nitrogens with one attached hydrogen (secondary N) is 1. The van der Waals surface area contributed by atoms with Crippen molar-refractivity contribution in [2.75, 3.05) is 30.4 Å². The molecule has 2 heterocycles. The molecule has 1 aromatic carbocycles. The molecule has 3 amide bonds. The summed E-state index contributed by atoms with van der Waals surface area (Å²) >= 11 is 0. The Morgan fingerprint density at radius 2 is 2.09 bits per heavy atom. The van der Waals surface area contributed by atoms with Crippen molar-refractivity contribution in [2.24, 2.45) is 0 Å². The third-order valence-corrected chi connectivity index (χ3v) is 3.75. The van der Waals surface area contributed by atoms with Crippen LogP contribution in [0.4, 0.5) is 25.4 Å². The number of hydrogen-bond acceptors (Lipinski definition) is 5. The van der Waals surface area contributed by atoms with Gasteiger partial charge in [-0.2, -0.15) is 0 Å². The fourth-order valence-corrected chi connectivity index (χ4v) is 2.58. The topological polar surface area (TPSA) is 88.2 Å². The van der Waals surface area contributed by atoms with Crippen LogP contribution >= 0.6 is 0 Å². The second kappa shape index (κ2) is 5.41. The summed E-state index contributed by atoms with van der Waals surface area (Å²) in [7, 11) is 2.83. The van der Waals surface area contributed by atoms with Gasteiger partial charge in [0.2, 0.25) is 0 Å². The van der Waals surface area contributed by atoms with Crippen LogP contribution in [0.25, 0.3) is 0 Å². The van der Waals surface area contributed by atoms with Gasteiger partial charge in [0.05, 0.1) is 17.9 Å². The molecule has 8 nitrogen and oxygen atoms in total. The maximum atomic E-state index is 14.4. The van der Waals surface area contributed by atoms with Gasteiger partial charge in [-0.3, -0.25) is 14.6 Å². The minimum Gasteiger partial charge on any atom is -0.444 e. The number of nitrogens with zero attached hydrogens (tertiary/aromatic N) is 2. The van der Waals surface area contributed by atoms with Gasteiger partial charge in [0.15, 0.2) is 6.10 Å². The molecule has 2 aliphatic heterocycles. The van der Waals surface area contributed by atoms with E-state index in [0.717, 1.165) is 11.0 Å². The molecule has 9 heteroatoms. The maximum absolute atomic E-state index is 14.4. The quantitative estimate of drug-likeness (QED) is 0.876. The number of carbonyl (C=O) groups is 3. The molecule has 2 aliphatic rings. The Balaban J connectivity index is 1.93. The molecule has 23 heavy (non-hydrogen) atoms. The summed E-state index contributed by atoms with van der Waals surface area (Å²) in [5.74, 6) is -1.10. The first-order valence-corrected chi connectivity index (χ1v) is 6.85. The standard InChI is InChI=1S/C14H14FN3O5/c1-16-12(19)10-5-18(14(21)23-10)8-3-7-6-22-13(20)17(2)11(7)9(15)4-8/h3-4,10H,5-6H2,1-2H3,(H,16,19). The van der Waals surface area contributed by atoms with E-state index in [9.17, 15) is 18.8 Å². The van der Waals surface area contributed by atoms with Crippen molar-refractivity contribution >= 4 is 29.5 Å². The van der Waals surface area contributed by atoms with Gasteiger partial charge in [0.1, 0.15) is 12.4 Å². The lowest BCUT2D eigenvalue weighted by molar-refractivity contribution is -0.127. The normalized spacial score (nSPS) is 20.0. The Bertz CT molecular complexity index is 708. The number of halogens is 1. The number of anilines is 2. The molecule has 0 bridgehead atoms. The molecular formula is C14H14FN3O5. The van der Waals surface area contributed by atoms with E-state index in [0.29, 0.717) is 5.56 Å². The van der Waals surface area contributed by atoms with Crippen molar-refractivity contribution in [3.63, 3.8) is 0 Å². The van der Waals surface area contributed by atoms with Crippen molar-refractivity contribution in [3.8, 4) is 0 Å². The molecule has 1 atom stereocenters. The predicted molar refractivity (Wildman–Crippen MR) is 76.7 cm³/mol. The van der Waals surface area contributed by atoms with Crippen molar-refractivity contribution in [2.45, 2.75) is 12.7 Å². The lowest BCUT2D eigenvalue weighted by Gasteiger charge is -2.27. The molecule has 0 aliphatic carbocycles. The number of hydrogen-bond donors (Lipinski definition) is 1. The van der Waals surface area contributed by atoms with Crippen LogP contribution in [0, 0.1) is 5.82 Å². The van der Waals surface area contributed by atoms with E-state index < -0.39 is 30.0 Å². The smallest absolute Gasteiger partial charge is 0.415 e. The fraction of sp³-hybridized carbons (Fsp3) is 0.357. The first-order chi connectivity index (χ1) is 10.9. The van der Waals surface area contributed by atoms with Crippen LogP contribution in [0.2, 0.25) is 0 Å². The molecule has 0 saturated carbocycles. The van der Waals surface area contributed by atoms with Gasteiger partial charge in [-0.15, -0.1) is 0 Å². The van der Waals surface area contributed by atoms with E-state index in [-0.39, 0.29) is 24.5 Å². The largest absolute Gasteiger partial charge is 0.444 e. The van der Waals surface area contributed by atoms with Crippen LogP contribution in [-0.2, 0) is 20.9 Å². The number of likely N-dealkylation sites (N-methyl/N-ethyl adjacent to an activating group) is 1. The molecule has 0 aromatic heterocycles. The summed E-state index contributed by atoms with van der Waals surface area (Å²) in [6.45, 7) is -0.114. The Kier molecular flexibility index (Phi) is 3.55. The highest BCUT2D eigenvalue weighted by molar-refractivity contribution is 5.96. The Morgan fingerprint density at radius 1 is 1.35 bits per heavy atom. The molecular weight excluding hydrogens is 309 g/mol. The number of rotatable bonds is 2. The van der Waals surface area contributed by atoms with Gasteiger partial charge in [-0.1, -0.05) is 0 Å². The summed E-state index contributed by atoms with van der Waals surface area (Å²) in [6.07, 6.45) is -2.34. The van der Waals surface area contributed by atoms with Crippen LogP contribution in [0.3, 0.4) is 0 Å². The summed E-state index contributed by atoms with van der Waals surface area (Å²) in [4.78, 5) is 37.2. The summed E-state index contributed by atoms with van der Waals surface area (Å²) in [5.41, 5.74) is 0.780. The van der Waals surface area contributed by atoms with E-state index in [1.807, 2.05) is 0 Å². The lowest BCUT2D eigenvalue weighted by Crippen LogP contribution is -2.35. The third-order valence-electron chi connectivity index (χ3n) is 3.75. The SMILES string of the molecule is CNC(=O)C1CN(c2cc(F)c3c(c2)COC(=O)N3C)C(=O)O1. The minimum absolute atomic E-state index is 0.0215. The third kappa shape index (κ3) is 2.43. The van der Waals surface area contributed by atoms with Crippen LogP contribution in [0.5, 0.6) is 0 Å². The summed E-state index contributed by atoms with van der Waals surface area (Å²) < 4.78 is 24.2. The van der Waals surface area contributed by atoms with Gasteiger partial charge < -0.3 is 14.8 Å². The first-order valence-electron chi connectivity index (χ1n) is 6.85. The summed E-state index contributed by atoms with van der Waals surface area (Å²) in [6, 6.07) is 2.66. The number of fused-ring (bicyclic) bond motifs is 1. The zero-order valence-corrected chi connectivity index (χ0v) is 12.5. The Morgan fingerprint density at radius 3 is 2.78 bits per heavy atom. The Labute approximate surface area is 130 Å². The second-order valence-electron chi connectivity index (χ2n) is 5.15. The molecule has 0 spiro atoms. The molecule has 3 rings (SSSR count). The van der Waals surface area contributed by atoms with Gasteiger partial charge in [-0.05, 0) is 12.1 Å². The average molecular weight is 323 g/mol. The van der Waals surface area contributed by atoms with Crippen LogP contribution < -0.4 is 15.1 Å². The Hall–Kier alpha value is -2.84. The van der Waals surface area contributed by atoms with Crippen molar-refractivity contribution in [1.29, 1.82) is 0 Å². The second-order valence-corrected chi connectivity index (χ2v) is 5.15. The number of ether oxygens (including phenoxy) is 2. The monoisotopic (exact) mass is 323 g/mol. The highest BCUT2D eigenvalue weighted by Crippen LogP contribution is 2.34. The van der Waals surface area contributed by atoms with Gasteiger partial charge in [0.25, 0.3) is 5.91 Å². The minimum atomic E-state index is -0.952. The lowest BCUT2D eigenvalue weighted by atomic mass is 10.1. The number of amides is 3. The van der Waals surface area contributed by atoms with Gasteiger partial charge in [-0.25, -0.2) is 14.0 Å². The highest BCUT2D eigenvalue weighted by Gasteiger charge is 2.37. The van der Waals surface area contributed by atoms with Crippen LogP contribution in [0.15, 0.2) is 12.1 Å². The number of carbonyl (C=O) groups excluding carboxylic acids is 3. The fourth-order valence-electron chi connectivity index (χ4n) is 2.58. The maximum Gasteiger partial charge on any atom is 0.415 e. The van der Waals surface area contributed by atoms with Crippen LogP contribution in [-0.4, -0.2) is 44.8 Å². The van der Waals surface area contributed by atoms with E-state index in [4.69, 9.17) is 9.47 Å². The van der Waals surface area contributed by atoms with E-state index in [1.54, 1.807) is 0 Å². The molecule has 1 fully saturated rings. The van der Waals surface area contributed by atoms with E-state index in [1.165, 1.54) is 25.1 Å². The molecule has 1 unspecified atom stereocenters. The molecule has 1 aromatic rings. The van der Waals surface area contributed by atoms with Gasteiger partial charge in [0, 0.05) is 19.7 Å². The molecule has 1 saturated heterocycles. The average Bonchev–Trinajstić information content (AvgIpc) is 2.91.